The zero-order chi connectivity index (χ0) is 32.5. The highest BCUT2D eigenvalue weighted by Gasteiger charge is 2.40. The van der Waals surface area contributed by atoms with Crippen LogP contribution >= 0.6 is 11.6 Å². The van der Waals surface area contributed by atoms with Gasteiger partial charge in [0, 0.05) is 68.6 Å². The monoisotopic (exact) mass is 651 g/mol. The van der Waals surface area contributed by atoms with Gasteiger partial charge in [0.2, 0.25) is 11.7 Å². The van der Waals surface area contributed by atoms with Crippen molar-refractivity contribution in [2.75, 3.05) is 36.4 Å². The van der Waals surface area contributed by atoms with Crippen LogP contribution in [0.25, 0.3) is 22.2 Å². The Morgan fingerprint density at radius 2 is 1.96 bits per heavy atom. The van der Waals surface area contributed by atoms with Crippen molar-refractivity contribution in [2.45, 2.75) is 65.6 Å². The molecule has 1 amide bonds. The molecule has 1 aromatic carbocycles. The van der Waals surface area contributed by atoms with E-state index in [0.717, 1.165) is 32.6 Å². The second kappa shape index (κ2) is 11.3. The minimum absolute atomic E-state index is 0.0786. The summed E-state index contributed by atoms with van der Waals surface area (Å²) >= 11 is 6.48. The van der Waals surface area contributed by atoms with Crippen LogP contribution in [0.15, 0.2) is 29.3 Å². The van der Waals surface area contributed by atoms with Gasteiger partial charge in [-0.05, 0) is 50.2 Å². The highest BCUT2D eigenvalue weighted by molar-refractivity contribution is 6.33. The molecule has 4 aromatic rings. The summed E-state index contributed by atoms with van der Waals surface area (Å²) in [6, 6.07) is 3.27. The van der Waals surface area contributed by atoms with Crippen LogP contribution in [0.4, 0.5) is 20.3 Å². The summed E-state index contributed by atoms with van der Waals surface area (Å²) in [6.07, 6.45) is 6.83. The quantitative estimate of drug-likeness (QED) is 0.286. The number of aryl methyl sites for hydroxylation is 2. The van der Waals surface area contributed by atoms with Gasteiger partial charge >= 0.3 is 0 Å². The van der Waals surface area contributed by atoms with E-state index in [1.54, 1.807) is 6.07 Å². The Labute approximate surface area is 269 Å². The van der Waals surface area contributed by atoms with Crippen molar-refractivity contribution in [3.8, 4) is 16.9 Å². The van der Waals surface area contributed by atoms with E-state index in [-0.39, 0.29) is 50.9 Å². The van der Waals surface area contributed by atoms with E-state index in [0.29, 0.717) is 35.7 Å². The van der Waals surface area contributed by atoms with Crippen LogP contribution < -0.4 is 15.8 Å². The minimum Gasteiger partial charge on any atom is -0.505 e. The number of pyridine rings is 1. The molecule has 2 N–H and O–H groups in total. The fraction of sp³-hybridized carbons (Fsp3) is 0.455. The molecule has 242 valence electrons. The van der Waals surface area contributed by atoms with E-state index in [9.17, 15) is 19.1 Å². The number of carbonyl (C=O) groups excluding carboxylic acids is 1. The highest BCUT2D eigenvalue weighted by atomic mass is 35.5. The number of amides is 1. The molecule has 2 fully saturated rings. The van der Waals surface area contributed by atoms with Crippen LogP contribution in [0, 0.1) is 24.0 Å². The normalized spacial score (nSPS) is 19.1. The van der Waals surface area contributed by atoms with E-state index in [1.807, 2.05) is 0 Å². The number of halogens is 3. The van der Waals surface area contributed by atoms with Crippen molar-refractivity contribution in [3.05, 3.63) is 62.9 Å². The number of piperazine rings is 1. The number of hydrogen-bond acceptors (Lipinski definition) is 7. The average Bonchev–Trinajstić information content (AvgIpc) is 3.38. The third kappa shape index (κ3) is 5.41. The third-order valence-electron chi connectivity index (χ3n) is 9.64. The van der Waals surface area contributed by atoms with Gasteiger partial charge in [-0.25, -0.2) is 14.4 Å². The first-order valence-electron chi connectivity index (χ1n) is 15.7. The Morgan fingerprint density at radius 3 is 2.70 bits per heavy atom. The predicted octanol–water partition coefficient (Wildman–Crippen LogP) is 5.10. The lowest BCUT2D eigenvalue weighted by Crippen LogP contribution is -2.53. The number of rotatable bonds is 7. The number of hydrogen-bond donors (Lipinski definition) is 2. The average molecular weight is 652 g/mol. The number of aromatic nitrogens is 4. The molecule has 0 spiro atoms. The van der Waals surface area contributed by atoms with Gasteiger partial charge in [0.1, 0.15) is 23.8 Å². The molecule has 1 saturated heterocycles. The van der Waals surface area contributed by atoms with Crippen LogP contribution in [0.3, 0.4) is 0 Å². The molecule has 1 saturated carbocycles. The highest BCUT2D eigenvalue weighted by Crippen LogP contribution is 2.45. The molecule has 1 atom stereocenters. The van der Waals surface area contributed by atoms with Crippen molar-refractivity contribution in [1.29, 1.82) is 0 Å². The number of anilines is 2. The van der Waals surface area contributed by atoms with Crippen LogP contribution in [-0.4, -0.2) is 67.2 Å². The molecule has 7 rings (SSSR count). The number of benzene rings is 1. The van der Waals surface area contributed by atoms with Gasteiger partial charge in [-0.15, -0.1) is 0 Å². The second-order valence-corrected chi connectivity index (χ2v) is 13.7. The maximum atomic E-state index is 15.2. The Kier molecular flexibility index (Phi) is 7.55. The van der Waals surface area contributed by atoms with E-state index < -0.39 is 23.3 Å². The molecule has 0 radical (unpaired) electrons. The third-order valence-corrected chi connectivity index (χ3v) is 9.94. The van der Waals surface area contributed by atoms with Crippen molar-refractivity contribution >= 4 is 40.0 Å². The summed E-state index contributed by atoms with van der Waals surface area (Å²) in [7, 11) is 0. The Morgan fingerprint density at radius 1 is 1.17 bits per heavy atom. The number of aromatic hydroxyl groups is 1. The van der Waals surface area contributed by atoms with Gasteiger partial charge in [-0.1, -0.05) is 18.5 Å². The molecule has 46 heavy (non-hydrogen) atoms. The van der Waals surface area contributed by atoms with E-state index in [1.165, 1.54) is 47.4 Å². The minimum atomic E-state index is -1.40. The predicted molar refractivity (Wildman–Crippen MR) is 173 cm³/mol. The van der Waals surface area contributed by atoms with Crippen molar-refractivity contribution in [3.63, 3.8) is 0 Å². The first kappa shape index (κ1) is 30.6. The summed E-state index contributed by atoms with van der Waals surface area (Å²) in [5, 5.41) is 13.2. The van der Waals surface area contributed by atoms with E-state index in [2.05, 4.69) is 38.9 Å². The summed E-state index contributed by atoms with van der Waals surface area (Å²) < 4.78 is 32.8. The summed E-state index contributed by atoms with van der Waals surface area (Å²) in [5.41, 5.74) is 0.650. The zero-order valence-electron chi connectivity index (χ0n) is 26.0. The van der Waals surface area contributed by atoms with Crippen molar-refractivity contribution in [2.24, 2.45) is 5.41 Å². The van der Waals surface area contributed by atoms with E-state index >= 15 is 4.39 Å². The Hall–Kier alpha value is -4.03. The van der Waals surface area contributed by atoms with Gasteiger partial charge in [-0.2, -0.15) is 4.39 Å². The molecule has 3 aromatic heterocycles. The van der Waals surface area contributed by atoms with Gasteiger partial charge in [0.25, 0.3) is 5.56 Å². The lowest BCUT2D eigenvalue weighted by atomic mass is 10.0. The molecule has 0 bridgehead atoms. The summed E-state index contributed by atoms with van der Waals surface area (Å²) in [5.74, 6) is -2.65. The number of phenolic OH excluding ortho intramolecular Hbond substituents is 1. The smallest absolute Gasteiger partial charge is 0.263 e. The van der Waals surface area contributed by atoms with Gasteiger partial charge < -0.3 is 19.9 Å². The molecule has 0 unspecified atom stereocenters. The number of carbonyl (C=O) groups is 1. The van der Waals surface area contributed by atoms with Crippen molar-refractivity contribution in [1.82, 2.24) is 24.0 Å². The first-order chi connectivity index (χ1) is 21.9. The maximum Gasteiger partial charge on any atom is 0.263 e. The Bertz CT molecular complexity index is 1950. The molecule has 3 aliphatic rings. The lowest BCUT2D eigenvalue weighted by molar-refractivity contribution is -0.116. The fourth-order valence-corrected chi connectivity index (χ4v) is 7.00. The van der Waals surface area contributed by atoms with Crippen LogP contribution in [-0.2, 0) is 24.3 Å². The number of nitrogens with zero attached hydrogens (tertiary/aromatic N) is 6. The number of fused-ring (bicyclic) bond motifs is 2. The van der Waals surface area contributed by atoms with Crippen LogP contribution in [0.2, 0.25) is 5.02 Å². The zero-order valence-corrected chi connectivity index (χ0v) is 26.8. The molecule has 1 aliphatic carbocycles. The van der Waals surface area contributed by atoms with Crippen molar-refractivity contribution < 1.29 is 18.7 Å². The molecule has 10 nitrogen and oxygen atoms in total. The van der Waals surface area contributed by atoms with Crippen LogP contribution in [0.5, 0.6) is 5.75 Å². The van der Waals surface area contributed by atoms with Gasteiger partial charge in [-0.3, -0.25) is 19.1 Å². The number of nitrogens with one attached hydrogen (secondary N) is 1. The standard InChI is InChI=1S/C33H36ClF2N7O3/c1-18-11-20(28(35)29(36)30(18)45)21-15-41(31-27(21)32(46)43-8-4-5-24(43)39-31)16-26(44)38-23-12-25(37-13-22(23)34)42-10-9-40(14-19(42)2)17-33(3)6-7-33/h11-13,15,19,45H,4-10,14,16-17H2,1-3H3,(H,37,38,44)/t19-/m0/s1. The molecule has 13 heteroatoms. The molecule has 2 aliphatic heterocycles. The SMILES string of the molecule is Cc1cc(-c2cn(CC(=O)Nc3cc(N4CCN(CC5(C)CC5)C[C@@H]4C)ncc3Cl)c3nc4n(c(=O)c23)CCC4)c(F)c(F)c1O. The lowest BCUT2D eigenvalue weighted by Gasteiger charge is -2.41. The summed E-state index contributed by atoms with van der Waals surface area (Å²) in [4.78, 5) is 41.1. The molecular formula is C33H36ClF2N7O3. The van der Waals surface area contributed by atoms with Gasteiger partial charge in [0.05, 0.1) is 22.3 Å². The van der Waals surface area contributed by atoms with Crippen LogP contribution in [0.1, 0.15) is 44.5 Å². The second-order valence-electron chi connectivity index (χ2n) is 13.3. The molecule has 5 heterocycles. The van der Waals surface area contributed by atoms with Gasteiger partial charge in [0.15, 0.2) is 11.6 Å². The molecular weight excluding hydrogens is 616 g/mol. The summed E-state index contributed by atoms with van der Waals surface area (Å²) in [6.45, 7) is 9.90. The number of phenols is 1. The fourth-order valence-electron chi connectivity index (χ4n) is 6.85. The maximum absolute atomic E-state index is 15.2. The topological polar surface area (TPSA) is 109 Å². The van der Waals surface area contributed by atoms with E-state index in [4.69, 9.17) is 11.6 Å². The largest absolute Gasteiger partial charge is 0.505 e. The first-order valence-corrected chi connectivity index (χ1v) is 16.0. The Balaban J connectivity index is 1.17.